The Balaban J connectivity index is 2.40. The minimum Gasteiger partial charge on any atom is -0.479 e. The zero-order valence-corrected chi connectivity index (χ0v) is 11.5. The van der Waals surface area contributed by atoms with Gasteiger partial charge in [0.25, 0.3) is 0 Å². The number of nitrogens with zero attached hydrogens (tertiary/aromatic N) is 4. The van der Waals surface area contributed by atoms with E-state index in [4.69, 9.17) is 4.74 Å². The molecule has 2 heterocycles. The normalized spacial score (nSPS) is 23.7. The first-order valence-electron chi connectivity index (χ1n) is 6.69. The Bertz CT molecular complexity index is 456. The highest BCUT2D eigenvalue weighted by atomic mass is 16.5. The monoisotopic (exact) mass is 268 g/mol. The van der Waals surface area contributed by atoms with E-state index in [0.717, 1.165) is 6.42 Å². The van der Waals surface area contributed by atoms with Gasteiger partial charge in [0, 0.05) is 5.92 Å². The van der Waals surface area contributed by atoms with E-state index in [2.05, 4.69) is 15.5 Å². The first-order chi connectivity index (χ1) is 9.05. The van der Waals surface area contributed by atoms with E-state index in [1.807, 2.05) is 20.8 Å². The quantitative estimate of drug-likeness (QED) is 0.862. The zero-order chi connectivity index (χ0) is 14.0. The second kappa shape index (κ2) is 5.24. The van der Waals surface area contributed by atoms with Crippen LogP contribution >= 0.6 is 0 Å². The van der Waals surface area contributed by atoms with Gasteiger partial charge >= 0.3 is 5.97 Å². The molecule has 0 bridgehead atoms. The van der Waals surface area contributed by atoms with Crippen LogP contribution in [0.2, 0.25) is 0 Å². The number of aromatic nitrogens is 4. The Kier molecular flexibility index (Phi) is 3.84. The fraction of sp³-hybridized carbons (Fsp3) is 0.833. The molecule has 0 spiro atoms. The molecule has 2 unspecified atom stereocenters. The number of aliphatic carboxylic acids is 1. The lowest BCUT2D eigenvalue weighted by atomic mass is 9.92. The fourth-order valence-corrected chi connectivity index (χ4v) is 2.69. The van der Waals surface area contributed by atoms with Gasteiger partial charge in [-0.05, 0) is 36.6 Å². The van der Waals surface area contributed by atoms with Crippen LogP contribution in [0.1, 0.15) is 51.8 Å². The van der Waals surface area contributed by atoms with Crippen LogP contribution in [0.3, 0.4) is 0 Å². The summed E-state index contributed by atoms with van der Waals surface area (Å²) in [5, 5.41) is 21.2. The minimum atomic E-state index is -1.06. The molecule has 0 saturated carbocycles. The lowest BCUT2D eigenvalue weighted by molar-refractivity contribution is -0.149. The van der Waals surface area contributed by atoms with E-state index >= 15 is 0 Å². The molecule has 0 radical (unpaired) electrons. The van der Waals surface area contributed by atoms with Gasteiger partial charge in [0.1, 0.15) is 0 Å². The van der Waals surface area contributed by atoms with E-state index in [-0.39, 0.29) is 12.0 Å². The maximum Gasteiger partial charge on any atom is 0.331 e. The maximum absolute atomic E-state index is 11.7. The van der Waals surface area contributed by atoms with Crippen molar-refractivity contribution < 1.29 is 14.6 Å². The SMILES string of the molecule is CCC(CC)(C(=O)O)n1nnnc1C1COC(C)C1. The highest BCUT2D eigenvalue weighted by molar-refractivity contribution is 5.76. The van der Waals surface area contributed by atoms with Crippen LogP contribution in [0.15, 0.2) is 0 Å². The number of carboxylic acids is 1. The zero-order valence-electron chi connectivity index (χ0n) is 11.5. The second-order valence-electron chi connectivity index (χ2n) is 5.07. The highest BCUT2D eigenvalue weighted by Gasteiger charge is 2.42. The van der Waals surface area contributed by atoms with E-state index in [1.54, 1.807) is 0 Å². The fourth-order valence-electron chi connectivity index (χ4n) is 2.69. The van der Waals surface area contributed by atoms with Crippen molar-refractivity contribution in [2.45, 2.75) is 57.6 Å². The maximum atomic E-state index is 11.7. The first-order valence-corrected chi connectivity index (χ1v) is 6.69. The first kappa shape index (κ1) is 13.9. The Morgan fingerprint density at radius 2 is 2.21 bits per heavy atom. The molecule has 2 rings (SSSR count). The van der Waals surface area contributed by atoms with Crippen molar-refractivity contribution in [3.05, 3.63) is 5.82 Å². The van der Waals surface area contributed by atoms with Crippen LogP contribution in [0.25, 0.3) is 0 Å². The molecular formula is C12H20N4O3. The Labute approximate surface area is 111 Å². The highest BCUT2D eigenvalue weighted by Crippen LogP contribution is 2.32. The van der Waals surface area contributed by atoms with E-state index in [9.17, 15) is 9.90 Å². The Morgan fingerprint density at radius 1 is 1.53 bits per heavy atom. The number of rotatable bonds is 5. The van der Waals surface area contributed by atoms with Gasteiger partial charge in [0.2, 0.25) is 0 Å². The van der Waals surface area contributed by atoms with Gasteiger partial charge < -0.3 is 9.84 Å². The molecule has 0 aromatic carbocycles. The van der Waals surface area contributed by atoms with Gasteiger partial charge in [-0.3, -0.25) is 0 Å². The summed E-state index contributed by atoms with van der Waals surface area (Å²) < 4.78 is 7.02. The summed E-state index contributed by atoms with van der Waals surface area (Å²) in [5.41, 5.74) is -1.06. The third-order valence-electron chi connectivity index (χ3n) is 4.03. The molecule has 1 saturated heterocycles. The average Bonchev–Trinajstić information content (AvgIpc) is 3.00. The molecule has 106 valence electrons. The van der Waals surface area contributed by atoms with Crippen LogP contribution in [0, 0.1) is 0 Å². The van der Waals surface area contributed by atoms with E-state index < -0.39 is 11.5 Å². The van der Waals surface area contributed by atoms with Crippen LogP contribution < -0.4 is 0 Å². The molecule has 19 heavy (non-hydrogen) atoms. The summed E-state index contributed by atoms with van der Waals surface area (Å²) >= 11 is 0. The van der Waals surface area contributed by atoms with Crippen molar-refractivity contribution in [3.63, 3.8) is 0 Å². The topological polar surface area (TPSA) is 90.1 Å². The number of ether oxygens (including phenoxy) is 1. The largest absolute Gasteiger partial charge is 0.479 e. The van der Waals surface area contributed by atoms with Gasteiger partial charge in [0.05, 0.1) is 12.7 Å². The van der Waals surface area contributed by atoms with Crippen LogP contribution in [0.4, 0.5) is 0 Å². The van der Waals surface area contributed by atoms with Crippen LogP contribution in [0.5, 0.6) is 0 Å². The standard InChI is InChI=1S/C12H20N4O3/c1-4-12(5-2,11(17)18)16-10(13-14-15-16)9-6-8(3)19-7-9/h8-9H,4-7H2,1-3H3,(H,17,18). The predicted molar refractivity (Wildman–Crippen MR) is 66.8 cm³/mol. The minimum absolute atomic E-state index is 0.0711. The van der Waals surface area contributed by atoms with Gasteiger partial charge in [-0.1, -0.05) is 13.8 Å². The molecule has 1 N–H and O–H groups in total. The number of hydrogen-bond acceptors (Lipinski definition) is 5. The van der Waals surface area contributed by atoms with Crippen LogP contribution in [-0.4, -0.2) is 44.0 Å². The van der Waals surface area contributed by atoms with Gasteiger partial charge in [-0.15, -0.1) is 5.10 Å². The summed E-state index contributed by atoms with van der Waals surface area (Å²) in [6, 6.07) is 0. The summed E-state index contributed by atoms with van der Waals surface area (Å²) in [7, 11) is 0. The Morgan fingerprint density at radius 3 is 2.68 bits per heavy atom. The molecular weight excluding hydrogens is 248 g/mol. The molecule has 1 aromatic rings. The number of tetrazole rings is 1. The lowest BCUT2D eigenvalue weighted by Gasteiger charge is -2.28. The van der Waals surface area contributed by atoms with Crippen molar-refractivity contribution in [1.82, 2.24) is 20.2 Å². The summed E-state index contributed by atoms with van der Waals surface area (Å²) in [5.74, 6) is -0.199. The molecule has 0 amide bonds. The van der Waals surface area contributed by atoms with Crippen molar-refractivity contribution in [3.8, 4) is 0 Å². The number of carboxylic acid groups (broad SMARTS) is 1. The van der Waals surface area contributed by atoms with E-state index in [0.29, 0.717) is 25.3 Å². The molecule has 1 aliphatic heterocycles. The molecule has 1 fully saturated rings. The van der Waals surface area contributed by atoms with Gasteiger partial charge in [0.15, 0.2) is 11.4 Å². The number of hydrogen-bond donors (Lipinski definition) is 1. The average molecular weight is 268 g/mol. The summed E-state index contributed by atoms with van der Waals surface area (Å²) in [6.45, 7) is 6.23. The van der Waals surface area contributed by atoms with Crippen molar-refractivity contribution in [1.29, 1.82) is 0 Å². The van der Waals surface area contributed by atoms with E-state index in [1.165, 1.54) is 4.68 Å². The molecule has 1 aromatic heterocycles. The van der Waals surface area contributed by atoms with Crippen molar-refractivity contribution in [2.24, 2.45) is 0 Å². The van der Waals surface area contributed by atoms with Crippen LogP contribution in [-0.2, 0) is 15.1 Å². The number of carbonyl (C=O) groups is 1. The third kappa shape index (κ3) is 2.22. The van der Waals surface area contributed by atoms with Gasteiger partial charge in [-0.25, -0.2) is 9.48 Å². The molecule has 7 nitrogen and oxygen atoms in total. The molecule has 2 atom stereocenters. The van der Waals surface area contributed by atoms with Gasteiger partial charge in [-0.2, -0.15) is 0 Å². The Hall–Kier alpha value is -1.50. The summed E-state index contributed by atoms with van der Waals surface area (Å²) in [4.78, 5) is 11.7. The lowest BCUT2D eigenvalue weighted by Crippen LogP contribution is -2.43. The van der Waals surface area contributed by atoms with Crippen molar-refractivity contribution >= 4 is 5.97 Å². The smallest absolute Gasteiger partial charge is 0.331 e. The third-order valence-corrected chi connectivity index (χ3v) is 4.03. The molecule has 1 aliphatic rings. The molecule has 0 aliphatic carbocycles. The predicted octanol–water partition coefficient (Wildman–Crippen LogP) is 1.17. The second-order valence-corrected chi connectivity index (χ2v) is 5.07. The van der Waals surface area contributed by atoms with Crippen molar-refractivity contribution in [2.75, 3.05) is 6.61 Å². The molecule has 7 heteroatoms. The summed E-state index contributed by atoms with van der Waals surface area (Å²) in [6.07, 6.45) is 1.88.